The Morgan fingerprint density at radius 3 is 2.49 bits per heavy atom. The van der Waals surface area contributed by atoms with Crippen molar-refractivity contribution in [3.05, 3.63) is 70.9 Å². The van der Waals surface area contributed by atoms with E-state index < -0.39 is 5.54 Å². The third-order valence-corrected chi connectivity index (χ3v) is 9.30. The molecule has 8 heteroatoms. The van der Waals surface area contributed by atoms with E-state index in [1.54, 1.807) is 25.2 Å². The summed E-state index contributed by atoms with van der Waals surface area (Å²) in [6, 6.07) is 7.63. The molecule has 1 aromatic rings. The highest BCUT2D eigenvalue weighted by atomic mass is 16.5. The van der Waals surface area contributed by atoms with Crippen LogP contribution in [0.5, 0.6) is 5.75 Å². The number of unbranched alkanes of at least 4 members (excludes halogenated alkanes) is 1. The second-order valence-corrected chi connectivity index (χ2v) is 12.2. The first-order chi connectivity index (χ1) is 19.9. The predicted octanol–water partition coefficient (Wildman–Crippen LogP) is 5.61. The maximum Gasteiger partial charge on any atom is 0.246 e. The van der Waals surface area contributed by atoms with Gasteiger partial charge in [-0.05, 0) is 80.6 Å². The summed E-state index contributed by atoms with van der Waals surface area (Å²) in [5.41, 5.74) is 1.04. The summed E-state index contributed by atoms with van der Waals surface area (Å²) in [5, 5.41) is 15.8. The number of amides is 2. The van der Waals surface area contributed by atoms with Crippen LogP contribution < -0.4 is 10.1 Å². The van der Waals surface area contributed by atoms with Crippen molar-refractivity contribution < 1.29 is 14.3 Å². The number of nitrogens with one attached hydrogen (secondary N) is 1. The molecule has 2 saturated heterocycles. The van der Waals surface area contributed by atoms with Gasteiger partial charge in [-0.15, -0.1) is 0 Å². The Kier molecular flexibility index (Phi) is 9.50. The molecule has 41 heavy (non-hydrogen) atoms. The maximum atomic E-state index is 13.8. The predicted molar refractivity (Wildman–Crippen MR) is 160 cm³/mol. The van der Waals surface area contributed by atoms with E-state index in [1.165, 1.54) is 43.9 Å². The number of nitrogens with zero attached hydrogens (tertiary/aromatic N) is 3. The number of hydrogen-bond donors (Lipinski definition) is 1. The van der Waals surface area contributed by atoms with E-state index >= 15 is 0 Å². The molecule has 1 atom stereocenters. The quantitative estimate of drug-likeness (QED) is 0.422. The molecule has 0 unspecified atom stereocenters. The Morgan fingerprint density at radius 2 is 1.78 bits per heavy atom. The highest BCUT2D eigenvalue weighted by Crippen LogP contribution is 2.36. The molecule has 8 nitrogen and oxygen atoms in total. The van der Waals surface area contributed by atoms with Crippen LogP contribution in [-0.4, -0.2) is 57.9 Å². The first kappa shape index (κ1) is 29.4. The van der Waals surface area contributed by atoms with Crippen LogP contribution in [-0.2, 0) is 16.1 Å². The van der Waals surface area contributed by atoms with Crippen LogP contribution in [0.25, 0.3) is 0 Å². The summed E-state index contributed by atoms with van der Waals surface area (Å²) in [7, 11) is 0. The SMILES string of the molecule is CCCCN1C(=O)[C@H](CC2CCCCC2)NC(=O)C12CCN(Cc1ccc(OC3=CC=C(C)N([O-])C=C3)cc1)CC2. The average molecular weight is 562 g/mol. The van der Waals surface area contributed by atoms with E-state index in [0.717, 1.165) is 44.0 Å². The van der Waals surface area contributed by atoms with E-state index in [1.807, 2.05) is 17.0 Å². The second-order valence-electron chi connectivity index (χ2n) is 12.2. The van der Waals surface area contributed by atoms with Gasteiger partial charge in [-0.3, -0.25) is 14.5 Å². The lowest BCUT2D eigenvalue weighted by molar-refractivity contribution is -0.162. The number of carbonyl (C=O) groups excluding carboxylic acids is 2. The highest BCUT2D eigenvalue weighted by molar-refractivity contribution is 6.00. The van der Waals surface area contributed by atoms with Crippen LogP contribution in [0.4, 0.5) is 0 Å². The summed E-state index contributed by atoms with van der Waals surface area (Å²) in [4.78, 5) is 31.8. The van der Waals surface area contributed by atoms with Gasteiger partial charge in [-0.1, -0.05) is 57.6 Å². The Morgan fingerprint density at radius 1 is 1.05 bits per heavy atom. The van der Waals surface area contributed by atoms with Gasteiger partial charge in [-0.25, -0.2) is 0 Å². The third kappa shape index (κ3) is 6.87. The standard InChI is InChI=1S/C33H45N4O4/c1-3-4-19-36-31(38)30(23-26-8-6-5-7-9-26)34-32(39)33(36)17-21-35(22-18-33)24-27-11-14-28(15-12-27)41-29-13-10-25(2)37(40)20-16-29/h10-16,20,26,30H,3-9,17-19,21-24H2,1-2H3,(H,34,39)/q-1/t30-/m0/s1. The van der Waals surface area contributed by atoms with Gasteiger partial charge in [0.25, 0.3) is 0 Å². The maximum absolute atomic E-state index is 13.8. The first-order valence-corrected chi connectivity index (χ1v) is 15.5. The normalized spacial score (nSPS) is 23.7. The van der Waals surface area contributed by atoms with Crippen LogP contribution in [0, 0.1) is 11.1 Å². The molecule has 0 aromatic heterocycles. The number of rotatable bonds is 9. The van der Waals surface area contributed by atoms with Crippen LogP contribution in [0.15, 0.2) is 60.1 Å². The molecular weight excluding hydrogens is 516 g/mol. The molecule has 2 amide bonds. The van der Waals surface area contributed by atoms with Crippen molar-refractivity contribution in [2.24, 2.45) is 5.92 Å². The number of hydroxylamine groups is 2. The number of benzene rings is 1. The molecule has 1 aliphatic carbocycles. The largest absolute Gasteiger partial charge is 0.754 e. The molecule has 1 saturated carbocycles. The molecule has 1 aromatic carbocycles. The molecule has 4 aliphatic rings. The van der Waals surface area contributed by atoms with Crippen molar-refractivity contribution >= 4 is 11.8 Å². The zero-order valence-electron chi connectivity index (χ0n) is 24.6. The van der Waals surface area contributed by atoms with Crippen molar-refractivity contribution in [2.45, 2.75) is 96.2 Å². The van der Waals surface area contributed by atoms with Gasteiger partial charge in [0.1, 0.15) is 23.1 Å². The van der Waals surface area contributed by atoms with Gasteiger partial charge in [-0.2, -0.15) is 0 Å². The van der Waals surface area contributed by atoms with Crippen LogP contribution in [0.3, 0.4) is 0 Å². The number of piperazine rings is 1. The van der Waals surface area contributed by atoms with Gasteiger partial charge < -0.3 is 25.2 Å². The minimum atomic E-state index is -0.726. The molecule has 0 radical (unpaired) electrons. The lowest BCUT2D eigenvalue weighted by Gasteiger charge is -2.52. The monoisotopic (exact) mass is 561 g/mol. The minimum absolute atomic E-state index is 0.0576. The molecule has 3 fully saturated rings. The second kappa shape index (κ2) is 13.3. The van der Waals surface area contributed by atoms with E-state index in [-0.39, 0.29) is 17.9 Å². The molecule has 3 heterocycles. The zero-order valence-corrected chi connectivity index (χ0v) is 24.6. The third-order valence-electron chi connectivity index (χ3n) is 9.30. The van der Waals surface area contributed by atoms with Gasteiger partial charge in [0.2, 0.25) is 11.8 Å². The van der Waals surface area contributed by atoms with E-state index in [0.29, 0.717) is 42.5 Å². The number of piperidine rings is 1. The fraction of sp³-hybridized carbons (Fsp3) is 0.576. The highest BCUT2D eigenvalue weighted by Gasteiger charge is 2.53. The molecule has 5 rings (SSSR count). The van der Waals surface area contributed by atoms with E-state index in [9.17, 15) is 14.8 Å². The van der Waals surface area contributed by atoms with Gasteiger partial charge in [0.05, 0.1) is 0 Å². The average Bonchev–Trinajstić information content (AvgIpc) is 3.14. The van der Waals surface area contributed by atoms with E-state index in [4.69, 9.17) is 4.74 Å². The number of carbonyl (C=O) groups is 2. The number of likely N-dealkylation sites (tertiary alicyclic amines) is 1. The molecule has 222 valence electrons. The summed E-state index contributed by atoms with van der Waals surface area (Å²) in [6.45, 7) is 6.87. The zero-order chi connectivity index (χ0) is 28.8. The lowest BCUT2D eigenvalue weighted by atomic mass is 9.79. The van der Waals surface area contributed by atoms with Gasteiger partial charge >= 0.3 is 0 Å². The summed E-state index contributed by atoms with van der Waals surface area (Å²) in [5.74, 6) is 2.05. The first-order valence-electron chi connectivity index (χ1n) is 15.5. The Bertz CT molecular complexity index is 1160. The fourth-order valence-corrected chi connectivity index (χ4v) is 6.73. The molecule has 3 aliphatic heterocycles. The Labute approximate surface area is 244 Å². The minimum Gasteiger partial charge on any atom is -0.754 e. The molecule has 1 spiro atoms. The lowest BCUT2D eigenvalue weighted by Crippen LogP contribution is -2.73. The summed E-state index contributed by atoms with van der Waals surface area (Å²) < 4.78 is 5.94. The Hall–Kier alpha value is -3.10. The number of ether oxygens (including phenoxy) is 1. The van der Waals surface area contributed by atoms with Crippen molar-refractivity contribution in [1.29, 1.82) is 0 Å². The van der Waals surface area contributed by atoms with Crippen LogP contribution in [0.1, 0.15) is 83.6 Å². The van der Waals surface area contributed by atoms with Crippen molar-refractivity contribution in [1.82, 2.24) is 20.2 Å². The van der Waals surface area contributed by atoms with Crippen LogP contribution in [0.2, 0.25) is 0 Å². The van der Waals surface area contributed by atoms with E-state index in [2.05, 4.69) is 29.3 Å². The summed E-state index contributed by atoms with van der Waals surface area (Å²) in [6.07, 6.45) is 16.8. The van der Waals surface area contributed by atoms with Crippen molar-refractivity contribution in [3.63, 3.8) is 0 Å². The van der Waals surface area contributed by atoms with Gasteiger partial charge in [0.15, 0.2) is 0 Å². The van der Waals surface area contributed by atoms with Gasteiger partial charge in [0, 0.05) is 31.9 Å². The fourth-order valence-electron chi connectivity index (χ4n) is 6.73. The van der Waals surface area contributed by atoms with Crippen LogP contribution >= 0.6 is 0 Å². The molecular formula is C33H45N4O4-. The number of hydrogen-bond acceptors (Lipinski definition) is 6. The summed E-state index contributed by atoms with van der Waals surface area (Å²) >= 11 is 0. The molecule has 0 bridgehead atoms. The Balaban J connectivity index is 1.19. The van der Waals surface area contributed by atoms with Crippen molar-refractivity contribution in [3.8, 4) is 5.75 Å². The van der Waals surface area contributed by atoms with Crippen molar-refractivity contribution in [2.75, 3.05) is 19.6 Å². The number of allylic oxidation sites excluding steroid dienone is 4. The topological polar surface area (TPSA) is 88.2 Å². The molecule has 1 N–H and O–H groups in total. The smallest absolute Gasteiger partial charge is 0.246 e.